The van der Waals surface area contributed by atoms with Crippen molar-refractivity contribution < 1.29 is 0 Å². The lowest BCUT2D eigenvalue weighted by Crippen LogP contribution is -1.84. The topological polar surface area (TPSA) is 30.2 Å². The highest BCUT2D eigenvalue weighted by Crippen LogP contribution is 2.12. The highest BCUT2D eigenvalue weighted by atomic mass is 15.2. The second-order valence-corrected chi connectivity index (χ2v) is 3.54. The first kappa shape index (κ1) is 9.65. The van der Waals surface area contributed by atoms with E-state index >= 15 is 0 Å². The van der Waals surface area contributed by atoms with Crippen molar-refractivity contribution in [2.75, 3.05) is 0 Å². The second kappa shape index (κ2) is 4.09. The molecule has 0 aliphatic carbocycles. The van der Waals surface area contributed by atoms with Crippen LogP contribution in [0.15, 0.2) is 41.7 Å². The van der Waals surface area contributed by atoms with Gasteiger partial charge in [0, 0.05) is 25.0 Å². The molecule has 0 N–H and O–H groups in total. The van der Waals surface area contributed by atoms with Gasteiger partial charge in [0.05, 0.1) is 11.9 Å². The van der Waals surface area contributed by atoms with Crippen molar-refractivity contribution in [3.05, 3.63) is 47.8 Å². The fourth-order valence-electron chi connectivity index (χ4n) is 1.29. The maximum absolute atomic E-state index is 4.35. The molecule has 2 aromatic rings. The maximum Gasteiger partial charge on any atom is 0.0630 e. The molecule has 3 nitrogen and oxygen atoms in total. The first-order valence-corrected chi connectivity index (χ1v) is 4.83. The van der Waals surface area contributed by atoms with Crippen LogP contribution in [0.2, 0.25) is 0 Å². The fourth-order valence-corrected chi connectivity index (χ4v) is 1.29. The Morgan fingerprint density at radius 2 is 2.00 bits per heavy atom. The molecule has 76 valence electrons. The lowest BCUT2D eigenvalue weighted by Gasteiger charge is -1.93. The van der Waals surface area contributed by atoms with E-state index in [2.05, 4.69) is 29.1 Å². The van der Waals surface area contributed by atoms with Crippen LogP contribution in [-0.2, 0) is 7.05 Å². The van der Waals surface area contributed by atoms with Gasteiger partial charge in [-0.05, 0) is 19.1 Å². The minimum absolute atomic E-state index is 0.962. The van der Waals surface area contributed by atoms with Crippen molar-refractivity contribution >= 4 is 11.9 Å². The maximum atomic E-state index is 4.35. The molecular weight excluding hydrogens is 186 g/mol. The number of nitrogens with zero attached hydrogens (tertiary/aromatic N) is 3. The zero-order chi connectivity index (χ0) is 10.7. The highest BCUT2D eigenvalue weighted by Gasteiger charge is 1.91. The molecule has 0 aliphatic heterocycles. The van der Waals surface area contributed by atoms with Crippen LogP contribution in [0, 0.1) is 6.92 Å². The van der Waals surface area contributed by atoms with Gasteiger partial charge in [-0.2, -0.15) is 5.10 Å². The van der Waals surface area contributed by atoms with Gasteiger partial charge in [0.25, 0.3) is 0 Å². The van der Waals surface area contributed by atoms with Crippen molar-refractivity contribution in [2.45, 2.75) is 6.92 Å². The molecule has 15 heavy (non-hydrogen) atoms. The van der Waals surface area contributed by atoms with E-state index in [0.717, 1.165) is 11.3 Å². The summed E-state index contributed by atoms with van der Waals surface area (Å²) in [7, 11) is 1.89. The molecule has 0 bridgehead atoms. The van der Waals surface area contributed by atoms with Crippen molar-refractivity contribution in [1.82, 2.24) is 9.78 Å². The summed E-state index contributed by atoms with van der Waals surface area (Å²) in [6, 6.07) is 8.11. The van der Waals surface area contributed by atoms with Gasteiger partial charge < -0.3 is 0 Å². The van der Waals surface area contributed by atoms with E-state index in [-0.39, 0.29) is 0 Å². The Morgan fingerprint density at radius 1 is 1.27 bits per heavy atom. The summed E-state index contributed by atoms with van der Waals surface area (Å²) in [5.74, 6) is 0. The number of benzene rings is 1. The summed E-state index contributed by atoms with van der Waals surface area (Å²) >= 11 is 0. The number of hydrogen-bond acceptors (Lipinski definition) is 2. The predicted molar refractivity (Wildman–Crippen MR) is 61.6 cm³/mol. The van der Waals surface area contributed by atoms with Crippen LogP contribution in [0.25, 0.3) is 0 Å². The molecule has 0 amide bonds. The van der Waals surface area contributed by atoms with Gasteiger partial charge >= 0.3 is 0 Å². The monoisotopic (exact) mass is 199 g/mol. The minimum atomic E-state index is 0.962. The first-order valence-electron chi connectivity index (χ1n) is 4.83. The molecule has 0 aliphatic rings. The summed E-state index contributed by atoms with van der Waals surface area (Å²) in [4.78, 5) is 4.35. The van der Waals surface area contributed by atoms with E-state index < -0.39 is 0 Å². The summed E-state index contributed by atoms with van der Waals surface area (Å²) in [6.07, 6.45) is 5.53. The molecule has 0 saturated heterocycles. The van der Waals surface area contributed by atoms with E-state index in [1.807, 2.05) is 31.6 Å². The number of hydrogen-bond donors (Lipinski definition) is 0. The Hall–Kier alpha value is -1.90. The zero-order valence-corrected chi connectivity index (χ0v) is 8.88. The Bertz CT molecular complexity index is 466. The Labute approximate surface area is 89.1 Å². The molecular formula is C12H13N3. The lowest BCUT2D eigenvalue weighted by molar-refractivity contribution is 0.767. The second-order valence-electron chi connectivity index (χ2n) is 3.54. The number of aliphatic imine (C=N–C) groups is 1. The molecule has 0 saturated carbocycles. The standard InChI is InChI=1S/C12H13N3/c1-10-3-5-12(6-4-10)13-7-11-8-14-15(2)9-11/h3-9H,1-2H3/b13-7+. The van der Waals surface area contributed by atoms with Gasteiger partial charge in [-0.25, -0.2) is 0 Å². The van der Waals surface area contributed by atoms with E-state index in [0.29, 0.717) is 0 Å². The quantitative estimate of drug-likeness (QED) is 0.683. The molecule has 1 heterocycles. The van der Waals surface area contributed by atoms with Crippen molar-refractivity contribution in [1.29, 1.82) is 0 Å². The number of rotatable bonds is 2. The molecule has 0 fully saturated rings. The first-order chi connectivity index (χ1) is 7.24. The van der Waals surface area contributed by atoms with Crippen LogP contribution < -0.4 is 0 Å². The lowest BCUT2D eigenvalue weighted by atomic mass is 10.2. The Balaban J connectivity index is 2.14. The highest BCUT2D eigenvalue weighted by molar-refractivity contribution is 5.81. The van der Waals surface area contributed by atoms with Gasteiger partial charge in [-0.1, -0.05) is 17.7 Å². The third-order valence-corrected chi connectivity index (χ3v) is 2.12. The van der Waals surface area contributed by atoms with Gasteiger partial charge in [-0.3, -0.25) is 9.67 Å². The zero-order valence-electron chi connectivity index (χ0n) is 8.88. The van der Waals surface area contributed by atoms with Crippen LogP contribution in [0.3, 0.4) is 0 Å². The molecule has 0 spiro atoms. The summed E-state index contributed by atoms with van der Waals surface area (Å²) in [5, 5.41) is 4.07. The third kappa shape index (κ3) is 2.53. The van der Waals surface area contributed by atoms with E-state index in [1.165, 1.54) is 5.56 Å². The molecule has 3 heteroatoms. The molecule has 2 rings (SSSR count). The molecule has 1 aromatic carbocycles. The van der Waals surface area contributed by atoms with Crippen molar-refractivity contribution in [3.63, 3.8) is 0 Å². The summed E-state index contributed by atoms with van der Waals surface area (Å²) in [6.45, 7) is 2.06. The largest absolute Gasteiger partial charge is 0.275 e. The minimum Gasteiger partial charge on any atom is -0.275 e. The van der Waals surface area contributed by atoms with Crippen LogP contribution in [-0.4, -0.2) is 16.0 Å². The molecule has 0 atom stereocenters. The fraction of sp³-hybridized carbons (Fsp3) is 0.167. The SMILES string of the molecule is Cc1ccc(/N=C/c2cnn(C)c2)cc1. The van der Waals surface area contributed by atoms with Crippen LogP contribution in [0.1, 0.15) is 11.1 Å². The van der Waals surface area contributed by atoms with Crippen molar-refractivity contribution in [2.24, 2.45) is 12.0 Å². The van der Waals surface area contributed by atoms with E-state index in [4.69, 9.17) is 0 Å². The predicted octanol–water partition coefficient (Wildman–Crippen LogP) is 2.48. The smallest absolute Gasteiger partial charge is 0.0630 e. The van der Waals surface area contributed by atoms with Crippen molar-refractivity contribution in [3.8, 4) is 0 Å². The van der Waals surface area contributed by atoms with Gasteiger partial charge in [0.2, 0.25) is 0 Å². The van der Waals surface area contributed by atoms with Gasteiger partial charge in [-0.15, -0.1) is 0 Å². The van der Waals surface area contributed by atoms with Gasteiger partial charge in [0.1, 0.15) is 0 Å². The molecule has 0 radical (unpaired) electrons. The average Bonchev–Trinajstić information content (AvgIpc) is 2.64. The van der Waals surface area contributed by atoms with Crippen LogP contribution >= 0.6 is 0 Å². The normalized spacial score (nSPS) is 11.1. The number of aromatic nitrogens is 2. The van der Waals surface area contributed by atoms with Gasteiger partial charge in [0.15, 0.2) is 0 Å². The molecule has 1 aromatic heterocycles. The average molecular weight is 199 g/mol. The Kier molecular flexibility index (Phi) is 2.63. The summed E-state index contributed by atoms with van der Waals surface area (Å²) in [5.41, 5.74) is 3.22. The third-order valence-electron chi connectivity index (χ3n) is 2.12. The van der Waals surface area contributed by atoms with E-state index in [1.54, 1.807) is 10.9 Å². The van der Waals surface area contributed by atoms with E-state index in [9.17, 15) is 0 Å². The van der Waals surface area contributed by atoms with Crippen LogP contribution in [0.4, 0.5) is 5.69 Å². The summed E-state index contributed by atoms with van der Waals surface area (Å²) < 4.78 is 1.76. The number of aryl methyl sites for hydroxylation is 2. The van der Waals surface area contributed by atoms with Crippen LogP contribution in [0.5, 0.6) is 0 Å². The molecule has 0 unspecified atom stereocenters. The Morgan fingerprint density at radius 3 is 2.60 bits per heavy atom.